The Morgan fingerprint density at radius 3 is 2.59 bits per heavy atom. The van der Waals surface area contributed by atoms with E-state index in [2.05, 4.69) is 11.9 Å². The number of nitrogens with zero attached hydrogens (tertiary/aromatic N) is 1. The van der Waals surface area contributed by atoms with Gasteiger partial charge >= 0.3 is 0 Å². The van der Waals surface area contributed by atoms with Crippen LogP contribution in [0.4, 0.5) is 0 Å². The van der Waals surface area contributed by atoms with Gasteiger partial charge in [-0.1, -0.05) is 54.6 Å². The van der Waals surface area contributed by atoms with E-state index in [1.54, 1.807) is 24.2 Å². The summed E-state index contributed by atoms with van der Waals surface area (Å²) >= 11 is 0. The highest BCUT2D eigenvalue weighted by atomic mass is 16.5. The van der Waals surface area contributed by atoms with Gasteiger partial charge in [0.05, 0.1) is 18.6 Å². The van der Waals surface area contributed by atoms with Crippen molar-refractivity contribution < 1.29 is 14.3 Å². The summed E-state index contributed by atoms with van der Waals surface area (Å²) in [6.45, 7) is 4.86. The molecule has 2 amide bonds. The minimum Gasteiger partial charge on any atom is -0.383 e. The summed E-state index contributed by atoms with van der Waals surface area (Å²) < 4.78 is 5.22. The Labute approximate surface area is 159 Å². The molecule has 2 atom stereocenters. The van der Waals surface area contributed by atoms with Gasteiger partial charge in [-0.3, -0.25) is 9.59 Å². The number of amides is 2. The number of fused-ring (bicyclic) bond motifs is 1. The van der Waals surface area contributed by atoms with Gasteiger partial charge in [-0.2, -0.15) is 0 Å². The molecule has 0 saturated carbocycles. The zero-order chi connectivity index (χ0) is 19.2. The van der Waals surface area contributed by atoms with Crippen LogP contribution < -0.4 is 5.32 Å². The second-order valence-electron chi connectivity index (χ2n) is 6.45. The minimum atomic E-state index is -0.502. The number of carbonyl (C=O) groups is 2. The molecule has 3 rings (SSSR count). The largest absolute Gasteiger partial charge is 0.383 e. The summed E-state index contributed by atoms with van der Waals surface area (Å²) in [5, 5.41) is 2.91. The molecule has 2 aromatic carbocycles. The lowest BCUT2D eigenvalue weighted by Crippen LogP contribution is -2.48. The van der Waals surface area contributed by atoms with Crippen LogP contribution in [0.1, 0.15) is 33.4 Å². The molecule has 1 aliphatic rings. The number of benzene rings is 2. The molecule has 0 spiro atoms. The topological polar surface area (TPSA) is 58.6 Å². The second kappa shape index (κ2) is 8.64. The molecule has 140 valence electrons. The van der Waals surface area contributed by atoms with Crippen LogP contribution >= 0.6 is 0 Å². The maximum atomic E-state index is 13.2. The fourth-order valence-corrected chi connectivity index (χ4v) is 3.61. The maximum absolute atomic E-state index is 13.2. The van der Waals surface area contributed by atoms with E-state index < -0.39 is 12.0 Å². The number of hydrogen-bond donors (Lipinski definition) is 1. The van der Waals surface area contributed by atoms with E-state index in [-0.39, 0.29) is 11.8 Å². The van der Waals surface area contributed by atoms with Crippen LogP contribution in [0.5, 0.6) is 0 Å². The minimum absolute atomic E-state index is 0.0794. The van der Waals surface area contributed by atoms with E-state index >= 15 is 0 Å². The highest BCUT2D eigenvalue weighted by Crippen LogP contribution is 2.42. The van der Waals surface area contributed by atoms with E-state index in [1.807, 2.05) is 48.5 Å². The van der Waals surface area contributed by atoms with Crippen molar-refractivity contribution in [1.82, 2.24) is 10.2 Å². The Kier molecular flexibility index (Phi) is 6.04. The van der Waals surface area contributed by atoms with Gasteiger partial charge < -0.3 is 15.0 Å². The van der Waals surface area contributed by atoms with Gasteiger partial charge in [-0.15, -0.1) is 6.58 Å². The fourth-order valence-electron chi connectivity index (χ4n) is 3.61. The van der Waals surface area contributed by atoms with E-state index in [4.69, 9.17) is 4.74 Å². The molecule has 1 N–H and O–H groups in total. The Morgan fingerprint density at radius 2 is 1.89 bits per heavy atom. The third-order valence-electron chi connectivity index (χ3n) is 4.82. The van der Waals surface area contributed by atoms with E-state index in [9.17, 15) is 9.59 Å². The van der Waals surface area contributed by atoms with E-state index in [1.165, 1.54) is 0 Å². The van der Waals surface area contributed by atoms with Crippen LogP contribution in [0.25, 0.3) is 0 Å². The Bertz CT molecular complexity index is 819. The number of ether oxygens (including phenoxy) is 1. The maximum Gasteiger partial charge on any atom is 0.254 e. The number of hydrogen-bond acceptors (Lipinski definition) is 3. The summed E-state index contributed by atoms with van der Waals surface area (Å²) in [7, 11) is 1.61. The molecule has 5 nitrogen and oxygen atoms in total. The highest BCUT2D eigenvalue weighted by Gasteiger charge is 2.43. The molecular weight excluding hydrogens is 340 g/mol. The molecule has 0 aromatic heterocycles. The number of nitrogens with one attached hydrogen (secondary N) is 1. The summed E-state index contributed by atoms with van der Waals surface area (Å²) in [6, 6.07) is 16.6. The molecule has 0 radical (unpaired) electrons. The first-order valence-electron chi connectivity index (χ1n) is 9.01. The zero-order valence-electron chi connectivity index (χ0n) is 15.4. The zero-order valence-corrected chi connectivity index (χ0v) is 15.4. The summed E-state index contributed by atoms with van der Waals surface area (Å²) in [5.41, 5.74) is 2.25. The lowest BCUT2D eigenvalue weighted by atomic mass is 9.79. The molecule has 0 fully saturated rings. The second-order valence-corrected chi connectivity index (χ2v) is 6.45. The van der Waals surface area contributed by atoms with Crippen molar-refractivity contribution in [3.05, 3.63) is 83.9 Å². The molecule has 27 heavy (non-hydrogen) atoms. The molecule has 0 bridgehead atoms. The van der Waals surface area contributed by atoms with E-state index in [0.29, 0.717) is 25.3 Å². The standard InChI is InChI=1S/C22H24N2O3/c1-3-13-23-21(25)19-17-11-7-8-12-18(17)22(26)24(14-15-27-2)20(19)16-9-5-4-6-10-16/h3-12,19-20H,1,13-15H2,2H3,(H,23,25)/t19-,20-/m1/s1. The summed E-state index contributed by atoms with van der Waals surface area (Å²) in [4.78, 5) is 28.1. The van der Waals surface area contributed by atoms with Crippen LogP contribution in [0, 0.1) is 0 Å². The third-order valence-corrected chi connectivity index (χ3v) is 4.82. The van der Waals surface area contributed by atoms with Gasteiger partial charge in [0.25, 0.3) is 5.91 Å². The van der Waals surface area contributed by atoms with Gasteiger partial charge in [-0.25, -0.2) is 0 Å². The van der Waals surface area contributed by atoms with Crippen LogP contribution in [0.2, 0.25) is 0 Å². The van der Waals surface area contributed by atoms with Crippen LogP contribution in [0.15, 0.2) is 67.3 Å². The quantitative estimate of drug-likeness (QED) is 0.769. The molecule has 0 unspecified atom stereocenters. The number of rotatable bonds is 7. The SMILES string of the molecule is C=CCNC(=O)[C@@H]1c2ccccc2C(=O)N(CCOC)[C@@H]1c1ccccc1. The first-order valence-corrected chi connectivity index (χ1v) is 9.01. The molecule has 2 aromatic rings. The van der Waals surface area contributed by atoms with Gasteiger partial charge in [0, 0.05) is 25.8 Å². The molecular formula is C22H24N2O3. The van der Waals surface area contributed by atoms with Gasteiger partial charge in [-0.05, 0) is 17.2 Å². The van der Waals surface area contributed by atoms with Crippen molar-refractivity contribution >= 4 is 11.8 Å². The van der Waals surface area contributed by atoms with Crippen molar-refractivity contribution in [2.24, 2.45) is 0 Å². The van der Waals surface area contributed by atoms with Crippen LogP contribution in [-0.4, -0.2) is 43.5 Å². The molecule has 5 heteroatoms. The van der Waals surface area contributed by atoms with Crippen molar-refractivity contribution in [3.8, 4) is 0 Å². The third kappa shape index (κ3) is 3.78. The van der Waals surface area contributed by atoms with Crippen molar-refractivity contribution in [2.75, 3.05) is 26.8 Å². The fraction of sp³-hybridized carbons (Fsp3) is 0.273. The van der Waals surface area contributed by atoms with Crippen molar-refractivity contribution in [2.45, 2.75) is 12.0 Å². The lowest BCUT2D eigenvalue weighted by Gasteiger charge is -2.41. The lowest BCUT2D eigenvalue weighted by molar-refractivity contribution is -0.124. The first-order chi connectivity index (χ1) is 13.2. The Balaban J connectivity index is 2.13. The summed E-state index contributed by atoms with van der Waals surface area (Å²) in [5.74, 6) is -0.700. The van der Waals surface area contributed by atoms with Crippen LogP contribution in [0.3, 0.4) is 0 Å². The monoisotopic (exact) mass is 364 g/mol. The van der Waals surface area contributed by atoms with Gasteiger partial charge in [0.1, 0.15) is 0 Å². The Hall–Kier alpha value is -2.92. The average Bonchev–Trinajstić information content (AvgIpc) is 2.71. The number of carbonyl (C=O) groups excluding carboxylic acids is 2. The normalized spacial score (nSPS) is 18.7. The van der Waals surface area contributed by atoms with Gasteiger partial charge in [0.2, 0.25) is 5.91 Å². The number of methoxy groups -OCH3 is 1. The van der Waals surface area contributed by atoms with Crippen LogP contribution in [-0.2, 0) is 9.53 Å². The van der Waals surface area contributed by atoms with E-state index in [0.717, 1.165) is 11.1 Å². The van der Waals surface area contributed by atoms with Crippen molar-refractivity contribution in [3.63, 3.8) is 0 Å². The van der Waals surface area contributed by atoms with Crippen molar-refractivity contribution in [1.29, 1.82) is 0 Å². The molecule has 1 heterocycles. The average molecular weight is 364 g/mol. The predicted octanol–water partition coefficient (Wildman–Crippen LogP) is 2.92. The molecule has 0 saturated heterocycles. The predicted molar refractivity (Wildman–Crippen MR) is 104 cm³/mol. The smallest absolute Gasteiger partial charge is 0.254 e. The molecule has 1 aliphatic heterocycles. The van der Waals surface area contributed by atoms with Gasteiger partial charge in [0.15, 0.2) is 0 Å². The first kappa shape index (κ1) is 18.9. The Morgan fingerprint density at radius 1 is 1.19 bits per heavy atom. The summed E-state index contributed by atoms with van der Waals surface area (Å²) in [6.07, 6.45) is 1.65. The highest BCUT2D eigenvalue weighted by molar-refractivity contribution is 6.01. The molecule has 0 aliphatic carbocycles.